The highest BCUT2D eigenvalue weighted by Gasteiger charge is 2.42. The Balaban J connectivity index is 1.90. The second-order valence-corrected chi connectivity index (χ2v) is 5.98. The van der Waals surface area contributed by atoms with E-state index < -0.39 is 12.1 Å². The standard InChI is InChI=1S/C17H24F3N3O/c1-2-9-21-16(22-10-8-15-7-4-11-24-15)23-14-6-3-5-13(12-14)17(18,19)20/h2,4,7,11,13-14H,1,3,5-6,8-10,12H2,(H2,21,22,23). The van der Waals surface area contributed by atoms with Crippen LogP contribution in [-0.4, -0.2) is 31.3 Å². The predicted octanol–water partition coefficient (Wildman–Crippen LogP) is 3.66. The van der Waals surface area contributed by atoms with E-state index in [1.807, 2.05) is 12.1 Å². The molecule has 2 N–H and O–H groups in total. The molecule has 2 unspecified atom stereocenters. The molecule has 1 aromatic rings. The lowest BCUT2D eigenvalue weighted by molar-refractivity contribution is -0.183. The van der Waals surface area contributed by atoms with Crippen LogP contribution in [0, 0.1) is 5.92 Å². The third-order valence-electron chi connectivity index (χ3n) is 4.10. The maximum absolute atomic E-state index is 12.9. The molecule has 0 bridgehead atoms. The van der Waals surface area contributed by atoms with Crippen LogP contribution < -0.4 is 10.6 Å². The van der Waals surface area contributed by atoms with Gasteiger partial charge in [0, 0.05) is 25.6 Å². The highest BCUT2D eigenvalue weighted by molar-refractivity contribution is 5.80. The minimum atomic E-state index is -4.12. The average molecular weight is 343 g/mol. The Morgan fingerprint density at radius 3 is 2.92 bits per heavy atom. The minimum absolute atomic E-state index is 0.0937. The maximum atomic E-state index is 12.9. The summed E-state index contributed by atoms with van der Waals surface area (Å²) in [5.74, 6) is 0.124. The molecule has 0 saturated heterocycles. The average Bonchev–Trinajstić information content (AvgIpc) is 3.05. The highest BCUT2D eigenvalue weighted by atomic mass is 19.4. The van der Waals surface area contributed by atoms with Crippen LogP contribution in [0.2, 0.25) is 0 Å². The van der Waals surface area contributed by atoms with Gasteiger partial charge in [-0.25, -0.2) is 0 Å². The van der Waals surface area contributed by atoms with E-state index >= 15 is 0 Å². The summed E-state index contributed by atoms with van der Waals surface area (Å²) in [6, 6.07) is 3.47. The molecule has 1 aliphatic rings. The summed E-state index contributed by atoms with van der Waals surface area (Å²) in [4.78, 5) is 4.42. The molecule has 0 spiro atoms. The normalized spacial score (nSPS) is 22.2. The van der Waals surface area contributed by atoms with Gasteiger partial charge in [-0.1, -0.05) is 12.5 Å². The second-order valence-electron chi connectivity index (χ2n) is 5.98. The first-order valence-corrected chi connectivity index (χ1v) is 8.24. The Kier molecular flexibility index (Phi) is 6.75. The summed E-state index contributed by atoms with van der Waals surface area (Å²) in [5, 5.41) is 6.19. The van der Waals surface area contributed by atoms with Gasteiger partial charge >= 0.3 is 6.18 Å². The van der Waals surface area contributed by atoms with E-state index in [1.54, 1.807) is 12.3 Å². The van der Waals surface area contributed by atoms with Crippen LogP contribution in [0.15, 0.2) is 40.5 Å². The van der Waals surface area contributed by atoms with Crippen LogP contribution in [0.3, 0.4) is 0 Å². The molecule has 24 heavy (non-hydrogen) atoms. The number of aliphatic imine (C=N–C) groups is 1. The molecule has 0 amide bonds. The Morgan fingerprint density at radius 1 is 1.42 bits per heavy atom. The maximum Gasteiger partial charge on any atom is 0.391 e. The number of furan rings is 1. The lowest BCUT2D eigenvalue weighted by Gasteiger charge is -2.31. The summed E-state index contributed by atoms with van der Waals surface area (Å²) in [7, 11) is 0. The Bertz CT molecular complexity index is 526. The van der Waals surface area contributed by atoms with Gasteiger partial charge in [0.15, 0.2) is 5.96 Å². The van der Waals surface area contributed by atoms with Crippen molar-refractivity contribution in [3.63, 3.8) is 0 Å². The van der Waals surface area contributed by atoms with Crippen molar-refractivity contribution in [1.29, 1.82) is 0 Å². The fourth-order valence-corrected chi connectivity index (χ4v) is 2.87. The van der Waals surface area contributed by atoms with Crippen LogP contribution in [0.5, 0.6) is 0 Å². The van der Waals surface area contributed by atoms with E-state index in [0.717, 1.165) is 12.2 Å². The summed E-state index contributed by atoms with van der Waals surface area (Å²) >= 11 is 0. The molecular formula is C17H24F3N3O. The van der Waals surface area contributed by atoms with Gasteiger partial charge < -0.3 is 15.1 Å². The number of hydrogen-bond donors (Lipinski definition) is 2. The SMILES string of the molecule is C=CCNC(=NCCc1ccco1)NC1CCCC(C(F)(F)F)C1. The molecule has 1 aromatic heterocycles. The molecule has 2 rings (SSSR count). The van der Waals surface area contributed by atoms with Crippen molar-refractivity contribution in [2.75, 3.05) is 13.1 Å². The summed E-state index contributed by atoms with van der Waals surface area (Å²) in [6.45, 7) is 4.63. The fourth-order valence-electron chi connectivity index (χ4n) is 2.87. The molecule has 1 fully saturated rings. The second kappa shape index (κ2) is 8.80. The zero-order valence-electron chi connectivity index (χ0n) is 13.6. The number of nitrogens with zero attached hydrogens (tertiary/aromatic N) is 1. The van der Waals surface area contributed by atoms with Crippen LogP contribution >= 0.6 is 0 Å². The van der Waals surface area contributed by atoms with E-state index in [4.69, 9.17) is 4.42 Å². The number of nitrogens with one attached hydrogen (secondary N) is 2. The first-order chi connectivity index (χ1) is 11.5. The minimum Gasteiger partial charge on any atom is -0.469 e. The topological polar surface area (TPSA) is 49.6 Å². The zero-order chi connectivity index (χ0) is 17.4. The van der Waals surface area contributed by atoms with Crippen molar-refractivity contribution in [3.8, 4) is 0 Å². The lowest BCUT2D eigenvalue weighted by Crippen LogP contribution is -2.47. The fraction of sp³-hybridized carbons (Fsp3) is 0.588. The van der Waals surface area contributed by atoms with E-state index in [1.165, 1.54) is 0 Å². The zero-order valence-corrected chi connectivity index (χ0v) is 13.6. The Labute approximate surface area is 140 Å². The smallest absolute Gasteiger partial charge is 0.391 e. The molecule has 1 saturated carbocycles. The van der Waals surface area contributed by atoms with Gasteiger partial charge in [-0.05, 0) is 31.4 Å². The van der Waals surface area contributed by atoms with Crippen molar-refractivity contribution < 1.29 is 17.6 Å². The number of alkyl halides is 3. The summed E-state index contributed by atoms with van der Waals surface area (Å²) in [6.07, 6.45) is 1.41. The van der Waals surface area contributed by atoms with Crippen LogP contribution in [0.4, 0.5) is 13.2 Å². The molecule has 0 aromatic carbocycles. The van der Waals surface area contributed by atoms with Crippen molar-refractivity contribution in [3.05, 3.63) is 36.8 Å². The lowest BCUT2D eigenvalue weighted by atomic mass is 9.85. The molecule has 4 nitrogen and oxygen atoms in total. The largest absolute Gasteiger partial charge is 0.469 e. The van der Waals surface area contributed by atoms with Gasteiger partial charge in [0.25, 0.3) is 0 Å². The molecule has 134 valence electrons. The summed E-state index contributed by atoms with van der Waals surface area (Å²) in [5.41, 5.74) is 0. The molecule has 7 heteroatoms. The van der Waals surface area contributed by atoms with Crippen molar-refractivity contribution in [2.45, 2.75) is 44.3 Å². The van der Waals surface area contributed by atoms with Gasteiger partial charge in [0.05, 0.1) is 12.2 Å². The van der Waals surface area contributed by atoms with Crippen LogP contribution in [0.1, 0.15) is 31.4 Å². The molecule has 1 heterocycles. The van der Waals surface area contributed by atoms with Crippen molar-refractivity contribution in [2.24, 2.45) is 10.9 Å². The van der Waals surface area contributed by atoms with E-state index in [2.05, 4.69) is 22.2 Å². The van der Waals surface area contributed by atoms with Crippen molar-refractivity contribution in [1.82, 2.24) is 10.6 Å². The first kappa shape index (κ1) is 18.4. The van der Waals surface area contributed by atoms with Gasteiger partial charge in [0.2, 0.25) is 0 Å². The third kappa shape index (κ3) is 5.94. The third-order valence-corrected chi connectivity index (χ3v) is 4.10. The van der Waals surface area contributed by atoms with E-state index in [0.29, 0.717) is 31.9 Å². The van der Waals surface area contributed by atoms with Gasteiger partial charge in [-0.3, -0.25) is 4.99 Å². The molecule has 0 radical (unpaired) electrons. The quantitative estimate of drug-likeness (QED) is 0.471. The van der Waals surface area contributed by atoms with E-state index in [-0.39, 0.29) is 18.9 Å². The Morgan fingerprint density at radius 2 is 2.25 bits per heavy atom. The molecular weight excluding hydrogens is 319 g/mol. The molecule has 0 aliphatic heterocycles. The molecule has 2 atom stereocenters. The number of halogens is 3. The Hall–Kier alpha value is -1.92. The predicted molar refractivity (Wildman–Crippen MR) is 87.9 cm³/mol. The molecule has 1 aliphatic carbocycles. The van der Waals surface area contributed by atoms with Crippen LogP contribution in [-0.2, 0) is 6.42 Å². The number of guanidine groups is 1. The van der Waals surface area contributed by atoms with E-state index in [9.17, 15) is 13.2 Å². The van der Waals surface area contributed by atoms with Crippen LogP contribution in [0.25, 0.3) is 0 Å². The summed E-state index contributed by atoms with van der Waals surface area (Å²) < 4.78 is 44.0. The first-order valence-electron chi connectivity index (χ1n) is 8.24. The highest BCUT2D eigenvalue weighted by Crippen LogP contribution is 2.37. The number of rotatable bonds is 6. The monoisotopic (exact) mass is 343 g/mol. The van der Waals surface area contributed by atoms with Crippen molar-refractivity contribution >= 4 is 5.96 Å². The number of hydrogen-bond acceptors (Lipinski definition) is 2. The van der Waals surface area contributed by atoms with Gasteiger partial charge in [-0.2, -0.15) is 13.2 Å². The van der Waals surface area contributed by atoms with Gasteiger partial charge in [-0.15, -0.1) is 6.58 Å². The van der Waals surface area contributed by atoms with Gasteiger partial charge in [0.1, 0.15) is 5.76 Å².